The zero-order valence-electron chi connectivity index (χ0n) is 28.0. The lowest BCUT2D eigenvalue weighted by Gasteiger charge is -2.46. The molecule has 3 fully saturated rings. The van der Waals surface area contributed by atoms with E-state index in [0.29, 0.717) is 0 Å². The van der Waals surface area contributed by atoms with Crippen LogP contribution in [-0.2, 0) is 23.7 Å². The second kappa shape index (κ2) is 15.7. The first kappa shape index (κ1) is 39.8. The van der Waals surface area contributed by atoms with Crippen LogP contribution in [0.5, 0.6) is 28.7 Å². The molecule has 21 heteroatoms. The smallest absolute Gasteiger partial charge is 0.239 e. The van der Waals surface area contributed by atoms with E-state index in [0.717, 1.165) is 24.3 Å². The van der Waals surface area contributed by atoms with Crippen molar-refractivity contribution in [1.29, 1.82) is 0 Å². The predicted octanol–water partition coefficient (Wildman–Crippen LogP) is -3.86. The standard InChI is InChI=1S/C33H40O21/c1-9-28(53-32-25(45)22(42)19(39)16(7-34)51-32)24(44)27(47)31(49-9)48-8-17-20(40)23(43)26(46)33(52-17)54-30-21(41)18-14(38)5-11(35)6-15(18)50-29(30)10-2-3-12(36)13(37)4-10/h2-6,9,16-17,19-20,22-28,31-40,42-47H,7-8H2,1H3/t9-,16+,17+,19+,20-,22-,23-,24-,25+,26+,27+,28-,31+,32-,33-/m0/s1. The Morgan fingerprint density at radius 1 is 0.667 bits per heavy atom. The molecular weight excluding hydrogens is 732 g/mol. The molecule has 0 radical (unpaired) electrons. The number of aliphatic hydroxyl groups is 9. The first-order valence-electron chi connectivity index (χ1n) is 16.5. The Balaban J connectivity index is 1.19. The summed E-state index contributed by atoms with van der Waals surface area (Å²) in [4.78, 5) is 13.7. The Labute approximate surface area is 303 Å². The predicted molar refractivity (Wildman–Crippen MR) is 173 cm³/mol. The van der Waals surface area contributed by atoms with Gasteiger partial charge < -0.3 is 99.2 Å². The molecule has 6 rings (SSSR count). The fourth-order valence-corrected chi connectivity index (χ4v) is 6.35. The Morgan fingerprint density at radius 2 is 1.30 bits per heavy atom. The van der Waals surface area contributed by atoms with Crippen molar-refractivity contribution < 1.29 is 99.2 Å². The summed E-state index contributed by atoms with van der Waals surface area (Å²) in [6, 6.07) is 5.12. The lowest BCUT2D eigenvalue weighted by molar-refractivity contribution is -0.359. The summed E-state index contributed by atoms with van der Waals surface area (Å²) in [5.74, 6) is -3.56. The van der Waals surface area contributed by atoms with Crippen LogP contribution in [0.1, 0.15) is 6.92 Å². The summed E-state index contributed by atoms with van der Waals surface area (Å²) in [6.07, 6.45) is -25.6. The van der Waals surface area contributed by atoms with E-state index in [2.05, 4.69) is 0 Å². The van der Waals surface area contributed by atoms with E-state index in [9.17, 15) is 71.2 Å². The Hall–Kier alpha value is -3.91. The number of benzene rings is 2. The van der Waals surface area contributed by atoms with Crippen molar-refractivity contribution in [2.24, 2.45) is 0 Å². The molecule has 2 aromatic carbocycles. The van der Waals surface area contributed by atoms with E-state index in [1.807, 2.05) is 0 Å². The summed E-state index contributed by atoms with van der Waals surface area (Å²) in [6.45, 7) is -0.0742. The van der Waals surface area contributed by atoms with Crippen LogP contribution in [0.4, 0.5) is 0 Å². The number of ether oxygens (including phenoxy) is 6. The van der Waals surface area contributed by atoms with Crippen molar-refractivity contribution in [3.63, 3.8) is 0 Å². The minimum absolute atomic E-state index is 0.0714. The molecule has 3 aromatic rings. The van der Waals surface area contributed by atoms with Crippen LogP contribution in [0.25, 0.3) is 22.3 Å². The molecule has 0 saturated carbocycles. The second-order valence-corrected chi connectivity index (χ2v) is 13.1. The van der Waals surface area contributed by atoms with Crippen LogP contribution in [0, 0.1) is 0 Å². The average Bonchev–Trinajstić information content (AvgIpc) is 3.13. The van der Waals surface area contributed by atoms with Crippen molar-refractivity contribution in [3.8, 4) is 40.1 Å². The van der Waals surface area contributed by atoms with Crippen molar-refractivity contribution >= 4 is 11.0 Å². The van der Waals surface area contributed by atoms with Crippen molar-refractivity contribution in [1.82, 2.24) is 0 Å². The van der Waals surface area contributed by atoms with Gasteiger partial charge in [-0.2, -0.15) is 0 Å². The summed E-state index contributed by atoms with van der Waals surface area (Å²) in [7, 11) is 0. The molecule has 0 bridgehead atoms. The van der Waals surface area contributed by atoms with Gasteiger partial charge in [0.2, 0.25) is 17.5 Å². The molecule has 3 aliphatic rings. The van der Waals surface area contributed by atoms with Crippen LogP contribution >= 0.6 is 0 Å². The number of fused-ring (bicyclic) bond motifs is 1. The zero-order valence-corrected chi connectivity index (χ0v) is 28.0. The third kappa shape index (κ3) is 7.39. The highest BCUT2D eigenvalue weighted by Gasteiger charge is 2.51. The summed E-state index contributed by atoms with van der Waals surface area (Å²) in [5.41, 5.74) is -1.47. The van der Waals surface area contributed by atoms with Gasteiger partial charge in [0, 0.05) is 17.7 Å². The van der Waals surface area contributed by atoms with Gasteiger partial charge >= 0.3 is 0 Å². The van der Waals surface area contributed by atoms with Gasteiger partial charge in [0.05, 0.1) is 19.3 Å². The van der Waals surface area contributed by atoms with Crippen molar-refractivity contribution in [3.05, 3.63) is 40.6 Å². The largest absolute Gasteiger partial charge is 0.508 e. The lowest BCUT2D eigenvalue weighted by Crippen LogP contribution is -2.64. The maximum Gasteiger partial charge on any atom is 0.239 e. The molecule has 4 heterocycles. The monoisotopic (exact) mass is 772 g/mol. The molecule has 15 atom stereocenters. The van der Waals surface area contributed by atoms with Crippen LogP contribution in [0.3, 0.4) is 0 Å². The number of phenols is 4. The maximum absolute atomic E-state index is 13.7. The van der Waals surface area contributed by atoms with Gasteiger partial charge in [-0.3, -0.25) is 4.79 Å². The summed E-state index contributed by atoms with van der Waals surface area (Å²) < 4.78 is 39.3. The van der Waals surface area contributed by atoms with Gasteiger partial charge in [0.15, 0.2) is 29.8 Å². The quantitative estimate of drug-likeness (QED) is 0.0925. The fraction of sp³-hybridized carbons (Fsp3) is 0.545. The van der Waals surface area contributed by atoms with E-state index in [-0.39, 0.29) is 11.1 Å². The van der Waals surface area contributed by atoms with Gasteiger partial charge in [0.1, 0.15) is 89.6 Å². The highest BCUT2D eigenvalue weighted by Crippen LogP contribution is 2.40. The normalized spacial score (nSPS) is 37.3. The molecule has 54 heavy (non-hydrogen) atoms. The van der Waals surface area contributed by atoms with Gasteiger partial charge in [-0.25, -0.2) is 0 Å². The molecular formula is C33H40O21. The number of phenolic OH excluding ortho intramolecular Hbond substituents is 4. The van der Waals surface area contributed by atoms with Crippen molar-refractivity contribution in [2.75, 3.05) is 13.2 Å². The van der Waals surface area contributed by atoms with Crippen LogP contribution < -0.4 is 10.2 Å². The van der Waals surface area contributed by atoms with E-state index in [1.54, 1.807) is 0 Å². The Bertz CT molecular complexity index is 1850. The molecule has 13 N–H and O–H groups in total. The van der Waals surface area contributed by atoms with Crippen LogP contribution in [0.15, 0.2) is 39.5 Å². The Morgan fingerprint density at radius 3 is 1.96 bits per heavy atom. The highest BCUT2D eigenvalue weighted by molar-refractivity contribution is 5.88. The van der Waals surface area contributed by atoms with Gasteiger partial charge in [0.25, 0.3) is 0 Å². The molecule has 298 valence electrons. The SMILES string of the molecule is C[C@@H]1O[C@@H](OC[C@H]2O[C@@H](Oc3c(-c4ccc(O)c(O)c4)oc4cc(O)cc(O)c4c3=O)[C@H](O)[C@@H](O)[C@H]2O)[C@H](O)[C@H](O)[C@H]1O[C@@H]1O[C@H](CO)[C@@H](O)[C@H](O)[C@H]1O. The van der Waals surface area contributed by atoms with Crippen molar-refractivity contribution in [2.45, 2.75) is 99.0 Å². The van der Waals surface area contributed by atoms with E-state index in [1.165, 1.54) is 13.0 Å². The number of aliphatic hydroxyl groups excluding tert-OH is 9. The molecule has 0 amide bonds. The minimum atomic E-state index is -2.04. The highest BCUT2D eigenvalue weighted by atomic mass is 16.8. The number of hydrogen-bond donors (Lipinski definition) is 13. The topological polar surface area (TPSA) is 349 Å². The third-order valence-corrected chi connectivity index (χ3v) is 9.40. The average molecular weight is 773 g/mol. The number of hydrogen-bond acceptors (Lipinski definition) is 21. The zero-order chi connectivity index (χ0) is 39.3. The minimum Gasteiger partial charge on any atom is -0.508 e. The first-order valence-corrected chi connectivity index (χ1v) is 16.5. The van der Waals surface area contributed by atoms with E-state index < -0.39 is 151 Å². The first-order chi connectivity index (χ1) is 25.5. The third-order valence-electron chi connectivity index (χ3n) is 9.40. The van der Waals surface area contributed by atoms with Gasteiger partial charge in [-0.05, 0) is 25.1 Å². The number of rotatable bonds is 9. The lowest BCUT2D eigenvalue weighted by atomic mass is 9.97. The van der Waals surface area contributed by atoms with E-state index >= 15 is 0 Å². The van der Waals surface area contributed by atoms with E-state index in [4.69, 9.17) is 32.8 Å². The second-order valence-electron chi connectivity index (χ2n) is 13.1. The molecule has 21 nitrogen and oxygen atoms in total. The summed E-state index contributed by atoms with van der Waals surface area (Å²) >= 11 is 0. The summed E-state index contributed by atoms with van der Waals surface area (Å²) in [5, 5.41) is 134. The van der Waals surface area contributed by atoms with Crippen LogP contribution in [0.2, 0.25) is 0 Å². The molecule has 3 saturated heterocycles. The molecule has 0 spiro atoms. The Kier molecular flexibility index (Phi) is 11.5. The number of aromatic hydroxyl groups is 4. The van der Waals surface area contributed by atoms with Crippen LogP contribution in [-0.4, -0.2) is 172 Å². The molecule has 0 unspecified atom stereocenters. The molecule has 3 aliphatic heterocycles. The van der Waals surface area contributed by atoms with Gasteiger partial charge in [-0.15, -0.1) is 0 Å². The maximum atomic E-state index is 13.7. The van der Waals surface area contributed by atoms with Gasteiger partial charge in [-0.1, -0.05) is 0 Å². The molecule has 1 aromatic heterocycles. The molecule has 0 aliphatic carbocycles. The fourth-order valence-electron chi connectivity index (χ4n) is 6.35.